The first-order chi connectivity index (χ1) is 14.5. The van der Waals surface area contributed by atoms with E-state index >= 15 is 0 Å². The second kappa shape index (κ2) is 8.45. The monoisotopic (exact) mass is 443 g/mol. The molecule has 1 aromatic heterocycles. The fraction of sp³-hybridized carbons (Fsp3) is 0.238. The number of aromatic nitrogens is 1. The zero-order chi connectivity index (χ0) is 21.1. The van der Waals surface area contributed by atoms with Gasteiger partial charge in [0.25, 0.3) is 10.0 Å². The third-order valence-corrected chi connectivity index (χ3v) is 7.13. The zero-order valence-corrected chi connectivity index (χ0v) is 18.0. The SMILES string of the molecule is COc1cccc(CCC(=O)N2CCc3cc(S(=O)(=O)Nc4nccs4)ccc32)c1. The van der Waals surface area contributed by atoms with Crippen molar-refractivity contribution in [2.24, 2.45) is 0 Å². The van der Waals surface area contributed by atoms with Gasteiger partial charge in [0.2, 0.25) is 5.91 Å². The maximum Gasteiger partial charge on any atom is 0.263 e. The number of hydrogen-bond donors (Lipinski definition) is 1. The number of methoxy groups -OCH3 is 1. The van der Waals surface area contributed by atoms with E-state index in [0.717, 1.165) is 22.6 Å². The molecule has 0 radical (unpaired) electrons. The molecule has 0 aliphatic carbocycles. The number of hydrogen-bond acceptors (Lipinski definition) is 6. The lowest BCUT2D eigenvalue weighted by Gasteiger charge is -2.18. The van der Waals surface area contributed by atoms with E-state index in [9.17, 15) is 13.2 Å². The number of nitrogens with zero attached hydrogens (tertiary/aromatic N) is 2. The number of nitrogens with one attached hydrogen (secondary N) is 1. The van der Waals surface area contributed by atoms with E-state index in [1.165, 1.54) is 17.4 Å². The van der Waals surface area contributed by atoms with Gasteiger partial charge in [-0.05, 0) is 54.3 Å². The van der Waals surface area contributed by atoms with Gasteiger partial charge >= 0.3 is 0 Å². The molecule has 0 saturated heterocycles. The Morgan fingerprint density at radius 3 is 2.90 bits per heavy atom. The summed E-state index contributed by atoms with van der Waals surface area (Å²) in [6.07, 6.45) is 3.16. The highest BCUT2D eigenvalue weighted by Crippen LogP contribution is 2.31. The summed E-state index contributed by atoms with van der Waals surface area (Å²) in [4.78, 5) is 18.6. The first kappa shape index (κ1) is 20.4. The lowest BCUT2D eigenvalue weighted by molar-refractivity contribution is -0.118. The molecule has 3 aromatic rings. The van der Waals surface area contributed by atoms with E-state index in [4.69, 9.17) is 4.74 Å². The summed E-state index contributed by atoms with van der Waals surface area (Å²) >= 11 is 1.22. The van der Waals surface area contributed by atoms with Gasteiger partial charge in [-0.15, -0.1) is 11.3 Å². The highest BCUT2D eigenvalue weighted by atomic mass is 32.2. The van der Waals surface area contributed by atoms with Crippen LogP contribution >= 0.6 is 11.3 Å². The van der Waals surface area contributed by atoms with E-state index in [2.05, 4.69) is 9.71 Å². The van der Waals surface area contributed by atoms with E-state index in [1.807, 2.05) is 24.3 Å². The Morgan fingerprint density at radius 1 is 1.27 bits per heavy atom. The summed E-state index contributed by atoms with van der Waals surface area (Å²) < 4.78 is 32.9. The number of thiazole rings is 1. The van der Waals surface area contributed by atoms with Crippen molar-refractivity contribution >= 4 is 38.1 Å². The number of ether oxygens (including phenoxy) is 1. The molecule has 0 fully saturated rings. The maximum atomic E-state index is 12.8. The number of amides is 1. The normalized spacial score (nSPS) is 13.2. The number of anilines is 2. The quantitative estimate of drug-likeness (QED) is 0.604. The number of aryl methyl sites for hydroxylation is 1. The summed E-state index contributed by atoms with van der Waals surface area (Å²) in [6, 6.07) is 12.6. The molecule has 0 saturated carbocycles. The number of carbonyl (C=O) groups is 1. The average Bonchev–Trinajstić information content (AvgIpc) is 3.41. The fourth-order valence-corrected chi connectivity index (χ4v) is 5.31. The minimum Gasteiger partial charge on any atom is -0.497 e. The van der Waals surface area contributed by atoms with Crippen molar-refractivity contribution in [2.45, 2.75) is 24.2 Å². The van der Waals surface area contributed by atoms with Gasteiger partial charge in [-0.25, -0.2) is 13.4 Å². The van der Waals surface area contributed by atoms with Crippen LogP contribution in [0.15, 0.2) is 58.9 Å². The lowest BCUT2D eigenvalue weighted by Crippen LogP contribution is -2.29. The molecule has 0 atom stereocenters. The number of rotatable bonds is 7. The summed E-state index contributed by atoms with van der Waals surface area (Å²) in [7, 11) is -2.10. The second-order valence-electron chi connectivity index (χ2n) is 6.88. The average molecular weight is 444 g/mol. The highest BCUT2D eigenvalue weighted by Gasteiger charge is 2.26. The Kier molecular flexibility index (Phi) is 5.74. The van der Waals surface area contributed by atoms with Crippen molar-refractivity contribution in [3.8, 4) is 5.75 Å². The van der Waals surface area contributed by atoms with Gasteiger partial charge in [-0.3, -0.25) is 9.52 Å². The Balaban J connectivity index is 1.45. The molecule has 1 amide bonds. The molecular formula is C21H21N3O4S2. The Hall–Kier alpha value is -2.91. The topological polar surface area (TPSA) is 88.6 Å². The molecule has 1 aliphatic rings. The predicted octanol–water partition coefficient (Wildman–Crippen LogP) is 3.47. The Morgan fingerprint density at radius 2 is 2.13 bits per heavy atom. The molecular weight excluding hydrogens is 422 g/mol. The van der Waals surface area contributed by atoms with Crippen molar-refractivity contribution in [3.63, 3.8) is 0 Å². The van der Waals surface area contributed by atoms with E-state index in [1.54, 1.807) is 35.7 Å². The van der Waals surface area contributed by atoms with E-state index in [-0.39, 0.29) is 10.8 Å². The molecule has 0 unspecified atom stereocenters. The fourth-order valence-electron chi connectivity index (χ4n) is 3.47. The number of fused-ring (bicyclic) bond motifs is 1. The van der Waals surface area contributed by atoms with Crippen LogP contribution < -0.4 is 14.4 Å². The number of carbonyl (C=O) groups excluding carboxylic acids is 1. The summed E-state index contributed by atoms with van der Waals surface area (Å²) in [5.74, 6) is 0.791. The van der Waals surface area contributed by atoms with Crippen molar-refractivity contribution in [3.05, 3.63) is 65.2 Å². The Labute approximate surface area is 179 Å². The van der Waals surface area contributed by atoms with Gasteiger partial charge in [-0.2, -0.15) is 0 Å². The van der Waals surface area contributed by atoms with Crippen LogP contribution in [0.25, 0.3) is 0 Å². The van der Waals surface area contributed by atoms with Crippen molar-refractivity contribution in [1.82, 2.24) is 4.98 Å². The number of benzene rings is 2. The molecule has 1 N–H and O–H groups in total. The van der Waals surface area contributed by atoms with E-state index in [0.29, 0.717) is 30.9 Å². The largest absolute Gasteiger partial charge is 0.497 e. The van der Waals surface area contributed by atoms with Crippen LogP contribution in [-0.2, 0) is 27.7 Å². The van der Waals surface area contributed by atoms with Gasteiger partial charge in [-0.1, -0.05) is 12.1 Å². The highest BCUT2D eigenvalue weighted by molar-refractivity contribution is 7.93. The molecule has 0 spiro atoms. The first-order valence-corrected chi connectivity index (χ1v) is 11.8. The van der Waals surface area contributed by atoms with Crippen LogP contribution in [0, 0.1) is 0 Å². The van der Waals surface area contributed by atoms with Crippen molar-refractivity contribution < 1.29 is 17.9 Å². The lowest BCUT2D eigenvalue weighted by atomic mass is 10.1. The smallest absolute Gasteiger partial charge is 0.263 e. The van der Waals surface area contributed by atoms with Gasteiger partial charge in [0, 0.05) is 30.2 Å². The van der Waals surface area contributed by atoms with Crippen LogP contribution in [0.4, 0.5) is 10.8 Å². The van der Waals surface area contributed by atoms with Gasteiger partial charge in [0.15, 0.2) is 5.13 Å². The maximum absolute atomic E-state index is 12.8. The Bertz CT molecular complexity index is 1160. The molecule has 30 heavy (non-hydrogen) atoms. The summed E-state index contributed by atoms with van der Waals surface area (Å²) in [5, 5.41) is 2.03. The molecule has 7 nitrogen and oxygen atoms in total. The minimum atomic E-state index is -3.71. The number of sulfonamides is 1. The minimum absolute atomic E-state index is 0.0214. The molecule has 2 heterocycles. The van der Waals surface area contributed by atoms with Crippen LogP contribution in [0.2, 0.25) is 0 Å². The summed E-state index contributed by atoms with van der Waals surface area (Å²) in [6.45, 7) is 0.551. The van der Waals surface area contributed by atoms with Gasteiger partial charge in [0.1, 0.15) is 5.75 Å². The van der Waals surface area contributed by atoms with Gasteiger partial charge in [0.05, 0.1) is 12.0 Å². The first-order valence-electron chi connectivity index (χ1n) is 9.45. The third-order valence-electron chi connectivity index (χ3n) is 4.97. The molecule has 4 rings (SSSR count). The zero-order valence-electron chi connectivity index (χ0n) is 16.4. The van der Waals surface area contributed by atoms with Crippen molar-refractivity contribution in [1.29, 1.82) is 0 Å². The van der Waals surface area contributed by atoms with Crippen LogP contribution in [0.5, 0.6) is 5.75 Å². The van der Waals surface area contributed by atoms with Gasteiger partial charge < -0.3 is 9.64 Å². The second-order valence-corrected chi connectivity index (χ2v) is 9.46. The molecule has 2 aromatic carbocycles. The predicted molar refractivity (Wildman–Crippen MR) is 117 cm³/mol. The van der Waals surface area contributed by atoms with Crippen molar-refractivity contribution in [2.75, 3.05) is 23.3 Å². The molecule has 9 heteroatoms. The molecule has 156 valence electrons. The van der Waals surface area contributed by atoms with Crippen LogP contribution in [0.3, 0.4) is 0 Å². The standard InChI is InChI=1S/C21H21N3O4S2/c1-28-17-4-2-3-15(13-17)5-8-20(25)24-11-9-16-14-18(6-7-19(16)24)30(26,27)23-21-22-10-12-29-21/h2-4,6-7,10,12-14H,5,8-9,11H2,1H3,(H,22,23). The van der Waals surface area contributed by atoms with Crippen LogP contribution in [0.1, 0.15) is 17.5 Å². The summed E-state index contributed by atoms with van der Waals surface area (Å²) in [5.41, 5.74) is 2.67. The molecule has 1 aliphatic heterocycles. The van der Waals surface area contributed by atoms with E-state index < -0.39 is 10.0 Å². The third kappa shape index (κ3) is 4.31. The van der Waals surface area contributed by atoms with Crippen LogP contribution in [-0.4, -0.2) is 33.0 Å². The molecule has 0 bridgehead atoms.